The number of carbonyl (C=O) groups excluding carboxylic acids is 1. The van der Waals surface area contributed by atoms with Gasteiger partial charge in [0.05, 0.1) is 5.92 Å². The van der Waals surface area contributed by atoms with Crippen LogP contribution in [-0.2, 0) is 4.79 Å². The van der Waals surface area contributed by atoms with Gasteiger partial charge in [0.15, 0.2) is 0 Å². The molecule has 0 aliphatic carbocycles. The van der Waals surface area contributed by atoms with Crippen LogP contribution >= 0.6 is 0 Å². The van der Waals surface area contributed by atoms with E-state index in [4.69, 9.17) is 0 Å². The Bertz CT molecular complexity index is 682. The van der Waals surface area contributed by atoms with Gasteiger partial charge in [-0.05, 0) is 36.8 Å². The summed E-state index contributed by atoms with van der Waals surface area (Å²) in [7, 11) is 0. The minimum absolute atomic E-state index is 0.207. The lowest BCUT2D eigenvalue weighted by atomic mass is 9.88. The summed E-state index contributed by atoms with van der Waals surface area (Å²) < 4.78 is 0. The van der Waals surface area contributed by atoms with Crippen molar-refractivity contribution in [2.75, 3.05) is 0 Å². The Morgan fingerprint density at radius 1 is 0.875 bits per heavy atom. The van der Waals surface area contributed by atoms with Crippen molar-refractivity contribution in [3.05, 3.63) is 83.9 Å². The summed E-state index contributed by atoms with van der Waals surface area (Å²) in [6.45, 7) is 4.17. The lowest BCUT2D eigenvalue weighted by Gasteiger charge is -2.38. The summed E-state index contributed by atoms with van der Waals surface area (Å²) in [6, 6.07) is 21.1. The lowest BCUT2D eigenvalue weighted by molar-refractivity contribution is -0.135. The average molecular weight is 317 g/mol. The highest BCUT2D eigenvalue weighted by atomic mass is 16.2. The molecule has 122 valence electrons. The van der Waals surface area contributed by atoms with Crippen molar-refractivity contribution in [1.29, 1.82) is 0 Å². The van der Waals surface area contributed by atoms with Gasteiger partial charge in [0.2, 0.25) is 5.91 Å². The molecule has 2 fully saturated rings. The first kappa shape index (κ1) is 15.2. The van der Waals surface area contributed by atoms with Crippen LogP contribution in [-0.4, -0.2) is 22.9 Å². The maximum atomic E-state index is 13.6. The van der Waals surface area contributed by atoms with Crippen molar-refractivity contribution in [3.8, 4) is 0 Å². The molecule has 2 saturated heterocycles. The largest absolute Gasteiger partial charge is 0.335 e. The molecule has 2 unspecified atom stereocenters. The van der Waals surface area contributed by atoms with Crippen LogP contribution in [0.5, 0.6) is 0 Å². The van der Waals surface area contributed by atoms with E-state index in [2.05, 4.69) is 35.7 Å². The molecule has 2 bridgehead atoms. The second-order valence-electron chi connectivity index (χ2n) is 7.04. The Labute approximate surface area is 143 Å². The molecule has 4 rings (SSSR count). The molecule has 2 nitrogen and oxygen atoms in total. The quantitative estimate of drug-likeness (QED) is 0.762. The van der Waals surface area contributed by atoms with Crippen molar-refractivity contribution in [2.24, 2.45) is 0 Å². The van der Waals surface area contributed by atoms with E-state index in [1.54, 1.807) is 0 Å². The summed E-state index contributed by atoms with van der Waals surface area (Å²) >= 11 is 0. The van der Waals surface area contributed by atoms with E-state index >= 15 is 0 Å². The molecule has 2 aliphatic heterocycles. The van der Waals surface area contributed by atoms with Gasteiger partial charge in [-0.1, -0.05) is 72.8 Å². The van der Waals surface area contributed by atoms with Crippen LogP contribution in [0.4, 0.5) is 0 Å². The average Bonchev–Trinajstić information content (AvgIpc) is 2.88. The number of hydrogen-bond donors (Lipinski definition) is 0. The summed E-state index contributed by atoms with van der Waals surface area (Å²) in [5.41, 5.74) is 3.47. The molecule has 2 aromatic carbocycles. The number of hydrogen-bond acceptors (Lipinski definition) is 1. The first-order valence-corrected chi connectivity index (χ1v) is 8.83. The summed E-state index contributed by atoms with van der Waals surface area (Å²) in [6.07, 6.45) is 4.18. The second kappa shape index (κ2) is 6.27. The number of rotatable bonds is 3. The monoisotopic (exact) mass is 317 g/mol. The third-order valence-corrected chi connectivity index (χ3v) is 5.44. The fourth-order valence-electron chi connectivity index (χ4n) is 4.39. The maximum absolute atomic E-state index is 13.6. The van der Waals surface area contributed by atoms with Gasteiger partial charge in [0, 0.05) is 12.1 Å². The molecule has 2 aliphatic rings. The molecule has 0 N–H and O–H groups in total. The van der Waals surface area contributed by atoms with Crippen LogP contribution in [0, 0.1) is 0 Å². The van der Waals surface area contributed by atoms with E-state index in [0.717, 1.165) is 36.8 Å². The predicted octanol–water partition coefficient (Wildman–Crippen LogP) is 4.53. The first-order chi connectivity index (χ1) is 11.7. The van der Waals surface area contributed by atoms with E-state index in [9.17, 15) is 4.79 Å². The van der Waals surface area contributed by atoms with Crippen LogP contribution in [0.2, 0.25) is 0 Å². The molecule has 0 spiro atoms. The Kier molecular flexibility index (Phi) is 3.97. The van der Waals surface area contributed by atoms with Crippen LogP contribution in [0.25, 0.3) is 0 Å². The van der Waals surface area contributed by atoms with E-state index in [1.165, 1.54) is 5.57 Å². The van der Waals surface area contributed by atoms with Crippen molar-refractivity contribution < 1.29 is 4.79 Å². The van der Waals surface area contributed by atoms with Gasteiger partial charge in [-0.25, -0.2) is 0 Å². The fraction of sp³-hybridized carbons (Fsp3) is 0.318. The highest BCUT2D eigenvalue weighted by Gasteiger charge is 2.43. The first-order valence-electron chi connectivity index (χ1n) is 8.83. The van der Waals surface area contributed by atoms with Gasteiger partial charge in [0.1, 0.15) is 0 Å². The van der Waals surface area contributed by atoms with Gasteiger partial charge in [-0.15, -0.1) is 0 Å². The molecule has 2 aromatic rings. The zero-order chi connectivity index (χ0) is 16.5. The van der Waals surface area contributed by atoms with E-state index < -0.39 is 0 Å². The number of benzene rings is 2. The Morgan fingerprint density at radius 2 is 1.33 bits per heavy atom. The fourth-order valence-corrected chi connectivity index (χ4v) is 4.39. The van der Waals surface area contributed by atoms with Crippen LogP contribution in [0.1, 0.15) is 42.7 Å². The van der Waals surface area contributed by atoms with Crippen molar-refractivity contribution >= 4 is 5.91 Å². The van der Waals surface area contributed by atoms with Crippen molar-refractivity contribution in [3.63, 3.8) is 0 Å². The molecular formula is C22H23NO. The topological polar surface area (TPSA) is 20.3 Å². The number of fused-ring (bicyclic) bond motifs is 2. The molecule has 2 heteroatoms. The van der Waals surface area contributed by atoms with Crippen LogP contribution in [0.15, 0.2) is 72.8 Å². The van der Waals surface area contributed by atoms with Gasteiger partial charge in [0.25, 0.3) is 0 Å². The smallest absolute Gasteiger partial charge is 0.235 e. The number of nitrogens with zero attached hydrogens (tertiary/aromatic N) is 1. The Hall–Kier alpha value is -2.35. The SMILES string of the molecule is C=C1CC2CCC(C1)N2C(=O)C(c1ccccc1)c1ccccc1. The number of amides is 1. The van der Waals surface area contributed by atoms with E-state index in [-0.39, 0.29) is 11.8 Å². The molecule has 2 atom stereocenters. The third-order valence-electron chi connectivity index (χ3n) is 5.44. The summed E-state index contributed by atoms with van der Waals surface area (Å²) in [5, 5.41) is 0. The molecule has 0 saturated carbocycles. The highest BCUT2D eigenvalue weighted by molar-refractivity contribution is 5.88. The Balaban J connectivity index is 1.72. The standard InChI is InChI=1S/C22H23NO/c1-16-14-19-12-13-20(15-16)23(19)22(24)21(17-8-4-2-5-9-17)18-10-6-3-7-11-18/h2-11,19-21H,1,12-15H2. The normalized spacial score (nSPS) is 22.9. The highest BCUT2D eigenvalue weighted by Crippen LogP contribution is 2.40. The zero-order valence-corrected chi connectivity index (χ0v) is 13.9. The zero-order valence-electron chi connectivity index (χ0n) is 13.9. The molecule has 0 radical (unpaired) electrons. The summed E-state index contributed by atoms with van der Waals surface area (Å²) in [5.74, 6) is 0.0502. The Morgan fingerprint density at radius 3 is 1.79 bits per heavy atom. The summed E-state index contributed by atoms with van der Waals surface area (Å²) in [4.78, 5) is 15.7. The van der Waals surface area contributed by atoms with Crippen LogP contribution < -0.4 is 0 Å². The molecule has 2 heterocycles. The van der Waals surface area contributed by atoms with E-state index in [1.807, 2.05) is 36.4 Å². The maximum Gasteiger partial charge on any atom is 0.235 e. The molecule has 1 amide bonds. The molecule has 24 heavy (non-hydrogen) atoms. The third kappa shape index (κ3) is 2.66. The van der Waals surface area contributed by atoms with Gasteiger partial charge in [-0.2, -0.15) is 0 Å². The van der Waals surface area contributed by atoms with Crippen LogP contribution in [0.3, 0.4) is 0 Å². The lowest BCUT2D eigenvalue weighted by Crippen LogP contribution is -2.46. The minimum Gasteiger partial charge on any atom is -0.335 e. The molecule has 0 aromatic heterocycles. The van der Waals surface area contributed by atoms with Gasteiger partial charge < -0.3 is 4.90 Å². The van der Waals surface area contributed by atoms with Gasteiger partial charge >= 0.3 is 0 Å². The molecular weight excluding hydrogens is 294 g/mol. The number of piperidine rings is 1. The number of carbonyl (C=O) groups is 1. The minimum atomic E-state index is -0.207. The van der Waals surface area contributed by atoms with E-state index in [0.29, 0.717) is 12.1 Å². The van der Waals surface area contributed by atoms with Gasteiger partial charge in [-0.3, -0.25) is 4.79 Å². The predicted molar refractivity (Wildman–Crippen MR) is 96.8 cm³/mol. The second-order valence-corrected chi connectivity index (χ2v) is 7.04. The van der Waals surface area contributed by atoms with Crippen molar-refractivity contribution in [1.82, 2.24) is 4.90 Å². The van der Waals surface area contributed by atoms with Crippen molar-refractivity contribution in [2.45, 2.75) is 43.7 Å².